The van der Waals surface area contributed by atoms with Crippen LogP contribution in [0.2, 0.25) is 0 Å². The van der Waals surface area contributed by atoms with E-state index < -0.39 is 35.5 Å². The zero-order valence-electron chi connectivity index (χ0n) is 45.3. The van der Waals surface area contributed by atoms with Crippen LogP contribution < -0.4 is 16.7 Å². The van der Waals surface area contributed by atoms with E-state index in [1.54, 1.807) is 38.1 Å². The summed E-state index contributed by atoms with van der Waals surface area (Å²) < 4.78 is 4.72. The lowest BCUT2D eigenvalue weighted by molar-refractivity contribution is -0.142. The number of nitrogens with two attached hydrogens (primary N) is 1. The third kappa shape index (κ3) is 19.2. The Kier molecular flexibility index (Phi) is 24.5. The molecule has 6 rings (SSSR count). The second-order valence-corrected chi connectivity index (χ2v) is 20.6. The molecule has 0 aromatic heterocycles. The van der Waals surface area contributed by atoms with Crippen LogP contribution in [-0.4, -0.2) is 52.8 Å². The lowest BCUT2D eigenvalue weighted by Gasteiger charge is -2.19. The number of rotatable bonds is 17. The van der Waals surface area contributed by atoms with E-state index in [9.17, 15) is 28.8 Å². The number of benzene rings is 5. The van der Waals surface area contributed by atoms with Gasteiger partial charge in [-0.05, 0) is 134 Å². The predicted molar refractivity (Wildman–Crippen MR) is 291 cm³/mol. The smallest absolute Gasteiger partial charge is 0.312 e. The van der Waals surface area contributed by atoms with Crippen LogP contribution in [0.5, 0.6) is 0 Å². The summed E-state index contributed by atoms with van der Waals surface area (Å²) in [6.45, 7) is 24.6. The van der Waals surface area contributed by atoms with Crippen LogP contribution in [-0.2, 0) is 49.6 Å². The van der Waals surface area contributed by atoms with E-state index in [1.165, 1.54) is 29.4 Å². The van der Waals surface area contributed by atoms with Crippen LogP contribution in [0.3, 0.4) is 0 Å². The van der Waals surface area contributed by atoms with Gasteiger partial charge in [0.25, 0.3) is 11.8 Å². The zero-order valence-corrected chi connectivity index (χ0v) is 45.3. The highest BCUT2D eigenvalue weighted by Gasteiger charge is 2.37. The number of amides is 4. The molecule has 0 spiro atoms. The molecule has 5 aromatic rings. The van der Waals surface area contributed by atoms with Crippen LogP contribution in [0.15, 0.2) is 121 Å². The molecule has 0 bridgehead atoms. The number of hydrogen-bond acceptors (Lipinski definition) is 8. The number of carbonyl (C=O) groups is 6. The van der Waals surface area contributed by atoms with Crippen molar-refractivity contribution in [3.05, 3.63) is 177 Å². The highest BCUT2D eigenvalue weighted by molar-refractivity contribution is 6.21. The van der Waals surface area contributed by atoms with Gasteiger partial charge in [-0.1, -0.05) is 165 Å². The van der Waals surface area contributed by atoms with Crippen molar-refractivity contribution in [3.63, 3.8) is 0 Å². The van der Waals surface area contributed by atoms with Gasteiger partial charge in [-0.2, -0.15) is 5.01 Å². The molecule has 1 aliphatic rings. The minimum atomic E-state index is -0.772. The van der Waals surface area contributed by atoms with Gasteiger partial charge in [0, 0.05) is 0 Å². The number of ether oxygens (including phenoxy) is 1. The number of carboxylic acids is 1. The molecule has 0 fully saturated rings. The largest absolute Gasteiger partial charge is 0.481 e. The quantitative estimate of drug-likeness (QED) is 0.0231. The molecule has 0 radical (unpaired) electrons. The molecule has 4 atom stereocenters. The molecule has 73 heavy (non-hydrogen) atoms. The highest BCUT2D eigenvalue weighted by Crippen LogP contribution is 2.24. The van der Waals surface area contributed by atoms with E-state index in [4.69, 9.17) is 15.7 Å². The van der Waals surface area contributed by atoms with Gasteiger partial charge in [-0.15, -0.1) is 0 Å². The fourth-order valence-corrected chi connectivity index (χ4v) is 8.04. The number of hydrazine groups is 2. The maximum Gasteiger partial charge on any atom is 0.312 e. The molecule has 5 N–H and O–H groups in total. The Morgan fingerprint density at radius 3 is 1.03 bits per heavy atom. The summed E-state index contributed by atoms with van der Waals surface area (Å²) in [5.74, 6) is 3.83. The molecule has 1 heterocycles. The number of nitrogens with one attached hydrogen (secondary N) is 2. The first-order valence-electron chi connectivity index (χ1n) is 25.4. The standard InChI is InChI=1S/C21H22N2O3.C14H20O2.C13H20N2O.C13H18O2/c1-13(2)12-15-8-10-16(11-9-15)14(3)19(24)22-23-20(25)17-6-4-5-7-18(17)21(23)26;1-10(2)9-12-5-7-13(8-6-12)11(3)14(15)16-4;1-9(2)8-11-4-6-12(7-5-11)10(3)13(16)15-14;1-9(2)8-11-4-6-12(7-5-11)10(3)13(14)15/h4-11,13-14H,12H2,1-3H3,(H,22,24);5-8,10-11H,9H2,1-4H3;4-7,9-10H,8,14H2,1-3H3,(H,15,16);4-7,9-10H,8H2,1-3H3,(H,14,15). The van der Waals surface area contributed by atoms with Crippen molar-refractivity contribution >= 4 is 35.6 Å². The number of hydrogen-bond donors (Lipinski definition) is 4. The molecular formula is C61H80N4O8. The first-order chi connectivity index (χ1) is 34.5. The van der Waals surface area contributed by atoms with E-state index in [2.05, 4.69) is 90.5 Å². The van der Waals surface area contributed by atoms with Gasteiger partial charge in [0.1, 0.15) is 0 Å². The topological polar surface area (TPSA) is 185 Å². The van der Waals surface area contributed by atoms with E-state index in [0.29, 0.717) is 34.8 Å². The number of methoxy groups -OCH3 is 1. The summed E-state index contributed by atoms with van der Waals surface area (Å²) in [6, 6.07) is 38.7. The number of fused-ring (bicyclic) bond motifs is 1. The predicted octanol–water partition coefficient (Wildman–Crippen LogP) is 11.5. The van der Waals surface area contributed by atoms with Crippen molar-refractivity contribution < 1.29 is 38.6 Å². The molecule has 5 aromatic carbocycles. The molecular weight excluding hydrogens is 917 g/mol. The van der Waals surface area contributed by atoms with Crippen molar-refractivity contribution in [2.75, 3.05) is 7.11 Å². The summed E-state index contributed by atoms with van der Waals surface area (Å²) in [5, 5.41) is 9.65. The Labute approximate surface area is 434 Å². The molecule has 0 saturated heterocycles. The van der Waals surface area contributed by atoms with Gasteiger partial charge in [0.2, 0.25) is 11.8 Å². The van der Waals surface area contributed by atoms with Gasteiger partial charge in [-0.3, -0.25) is 39.6 Å². The van der Waals surface area contributed by atoms with E-state index in [0.717, 1.165) is 52.9 Å². The second kappa shape index (κ2) is 29.6. The van der Waals surface area contributed by atoms with Crippen molar-refractivity contribution in [1.82, 2.24) is 15.9 Å². The van der Waals surface area contributed by atoms with Gasteiger partial charge >= 0.3 is 11.9 Å². The summed E-state index contributed by atoms with van der Waals surface area (Å²) in [5.41, 5.74) is 14.1. The van der Waals surface area contributed by atoms with Crippen LogP contribution in [0, 0.1) is 23.7 Å². The summed E-state index contributed by atoms with van der Waals surface area (Å²) in [7, 11) is 1.42. The van der Waals surface area contributed by atoms with Crippen LogP contribution >= 0.6 is 0 Å². The van der Waals surface area contributed by atoms with Gasteiger partial charge in [-0.25, -0.2) is 5.84 Å². The molecule has 4 amide bonds. The van der Waals surface area contributed by atoms with E-state index in [-0.39, 0.29) is 23.7 Å². The molecule has 4 unspecified atom stereocenters. The van der Waals surface area contributed by atoms with Crippen LogP contribution in [0.4, 0.5) is 0 Å². The number of carbonyl (C=O) groups excluding carboxylic acids is 5. The number of nitrogens with zero attached hydrogens (tertiary/aromatic N) is 1. The Hall–Kier alpha value is -6.92. The number of aliphatic carboxylic acids is 1. The van der Waals surface area contributed by atoms with E-state index in [1.807, 2.05) is 86.6 Å². The Morgan fingerprint density at radius 1 is 0.466 bits per heavy atom. The minimum absolute atomic E-state index is 0.156. The number of imide groups is 1. The van der Waals surface area contributed by atoms with Gasteiger partial charge in [0.15, 0.2) is 0 Å². The van der Waals surface area contributed by atoms with Crippen molar-refractivity contribution in [1.29, 1.82) is 0 Å². The fourth-order valence-electron chi connectivity index (χ4n) is 8.04. The summed E-state index contributed by atoms with van der Waals surface area (Å²) in [4.78, 5) is 70.7. The normalized spacial score (nSPS) is 13.3. The third-order valence-corrected chi connectivity index (χ3v) is 12.4. The van der Waals surface area contributed by atoms with Crippen LogP contribution in [0.25, 0.3) is 0 Å². The summed E-state index contributed by atoms with van der Waals surface area (Å²) in [6.07, 6.45) is 4.17. The molecule has 1 aliphatic heterocycles. The molecule has 0 saturated carbocycles. The highest BCUT2D eigenvalue weighted by atomic mass is 16.5. The Morgan fingerprint density at radius 2 is 0.753 bits per heavy atom. The average molecular weight is 997 g/mol. The summed E-state index contributed by atoms with van der Waals surface area (Å²) >= 11 is 0. The molecule has 12 heteroatoms. The molecule has 12 nitrogen and oxygen atoms in total. The fraction of sp³-hybridized carbons (Fsp3) is 0.410. The van der Waals surface area contributed by atoms with Crippen LogP contribution in [0.1, 0.15) is 172 Å². The zero-order chi connectivity index (χ0) is 54.5. The maximum atomic E-state index is 12.5. The maximum absolute atomic E-state index is 12.5. The first kappa shape index (κ1) is 60.4. The third-order valence-electron chi connectivity index (χ3n) is 12.4. The first-order valence-corrected chi connectivity index (χ1v) is 25.4. The Bertz CT molecular complexity index is 2440. The van der Waals surface area contributed by atoms with Crippen molar-refractivity contribution in [2.45, 2.75) is 132 Å². The monoisotopic (exact) mass is 997 g/mol. The molecule has 0 aliphatic carbocycles. The minimum Gasteiger partial charge on any atom is -0.481 e. The SMILES string of the molecule is CC(C)Cc1ccc(C(C)C(=O)NN)cc1.CC(C)Cc1ccc(C(C)C(=O)NN2C(=O)c3ccccc3C2=O)cc1.CC(C)Cc1ccc(C(C)C(=O)O)cc1.COC(=O)C(C)c1ccc(CC(C)C)cc1. The van der Waals surface area contributed by atoms with Gasteiger partial charge < -0.3 is 9.84 Å². The number of carboxylic acid groups (broad SMARTS) is 1. The average Bonchev–Trinajstić information content (AvgIpc) is 3.60. The van der Waals surface area contributed by atoms with Crippen molar-refractivity contribution in [3.8, 4) is 0 Å². The van der Waals surface area contributed by atoms with Crippen molar-refractivity contribution in [2.24, 2.45) is 29.5 Å². The van der Waals surface area contributed by atoms with Gasteiger partial charge in [0.05, 0.1) is 41.9 Å². The lowest BCUT2D eigenvalue weighted by atomic mass is 9.96. The number of esters is 1. The second-order valence-electron chi connectivity index (χ2n) is 20.6. The van der Waals surface area contributed by atoms with E-state index >= 15 is 0 Å². The molecule has 392 valence electrons. The Balaban J connectivity index is 0.000000265. The lowest BCUT2D eigenvalue weighted by Crippen LogP contribution is -2.47.